The molecule has 0 aliphatic heterocycles. The Morgan fingerprint density at radius 1 is 1.33 bits per heavy atom. The van der Waals surface area contributed by atoms with Crippen molar-refractivity contribution in [1.29, 1.82) is 0 Å². The van der Waals surface area contributed by atoms with Crippen molar-refractivity contribution < 1.29 is 14.6 Å². The largest absolute Gasteiger partial charge is 0.444 e. The summed E-state index contributed by atoms with van der Waals surface area (Å²) in [6.07, 6.45) is 5.52. The Kier molecular flexibility index (Phi) is 7.46. The minimum atomic E-state index is -0.447. The van der Waals surface area contributed by atoms with E-state index in [4.69, 9.17) is 4.74 Å². The van der Waals surface area contributed by atoms with Crippen LogP contribution in [0.5, 0.6) is 0 Å². The van der Waals surface area contributed by atoms with Gasteiger partial charge in [-0.15, -0.1) is 0 Å². The predicted molar refractivity (Wildman–Crippen MR) is 84.3 cm³/mol. The summed E-state index contributed by atoms with van der Waals surface area (Å²) >= 11 is 0. The standard InChI is InChI=1S/C16H32N2O3/c1-12(19)7-6-10-17-13-8-5-9-14(11-13)18-15(20)21-16(2,3)4/h12-14,17,19H,5-11H2,1-4H3,(H,18,20). The second-order valence-electron chi connectivity index (χ2n) is 7.15. The number of rotatable bonds is 6. The van der Waals surface area contributed by atoms with Crippen LogP contribution in [0, 0.1) is 0 Å². The molecule has 21 heavy (non-hydrogen) atoms. The van der Waals surface area contributed by atoms with E-state index in [0.29, 0.717) is 6.04 Å². The fraction of sp³-hybridized carbons (Fsp3) is 0.938. The van der Waals surface area contributed by atoms with Crippen molar-refractivity contribution in [3.05, 3.63) is 0 Å². The summed E-state index contributed by atoms with van der Waals surface area (Å²) in [4.78, 5) is 11.8. The molecule has 0 bridgehead atoms. The number of ether oxygens (including phenoxy) is 1. The van der Waals surface area contributed by atoms with Crippen LogP contribution in [-0.4, -0.2) is 41.5 Å². The predicted octanol–water partition coefficient (Wildman–Crippen LogP) is 2.57. The van der Waals surface area contributed by atoms with E-state index in [1.165, 1.54) is 0 Å². The van der Waals surface area contributed by atoms with Crippen LogP contribution in [0.1, 0.15) is 66.2 Å². The molecule has 1 fully saturated rings. The molecule has 0 aromatic heterocycles. The molecule has 3 atom stereocenters. The van der Waals surface area contributed by atoms with E-state index in [1.54, 1.807) is 0 Å². The van der Waals surface area contributed by atoms with Crippen LogP contribution in [0.25, 0.3) is 0 Å². The number of hydrogen-bond donors (Lipinski definition) is 3. The lowest BCUT2D eigenvalue weighted by atomic mass is 9.91. The summed E-state index contributed by atoms with van der Waals surface area (Å²) in [5, 5.41) is 15.7. The van der Waals surface area contributed by atoms with Crippen LogP contribution < -0.4 is 10.6 Å². The van der Waals surface area contributed by atoms with Crippen LogP contribution in [0.3, 0.4) is 0 Å². The van der Waals surface area contributed by atoms with Crippen molar-refractivity contribution in [3.63, 3.8) is 0 Å². The van der Waals surface area contributed by atoms with E-state index >= 15 is 0 Å². The molecule has 0 saturated heterocycles. The van der Waals surface area contributed by atoms with Gasteiger partial charge in [-0.05, 0) is 72.8 Å². The van der Waals surface area contributed by atoms with Crippen molar-refractivity contribution in [1.82, 2.24) is 10.6 Å². The van der Waals surface area contributed by atoms with E-state index in [-0.39, 0.29) is 18.2 Å². The number of alkyl carbamates (subject to hydrolysis) is 1. The Morgan fingerprint density at radius 3 is 2.62 bits per heavy atom. The maximum Gasteiger partial charge on any atom is 0.407 e. The van der Waals surface area contributed by atoms with Gasteiger partial charge in [0.05, 0.1) is 6.10 Å². The normalized spacial score (nSPS) is 24.4. The molecule has 1 aliphatic carbocycles. The number of carbonyl (C=O) groups excluding carboxylic acids is 1. The number of amides is 1. The van der Waals surface area contributed by atoms with Gasteiger partial charge in [-0.1, -0.05) is 0 Å². The maximum absolute atomic E-state index is 11.8. The quantitative estimate of drug-likeness (QED) is 0.659. The molecule has 5 heteroatoms. The highest BCUT2D eigenvalue weighted by atomic mass is 16.6. The number of hydrogen-bond acceptors (Lipinski definition) is 4. The molecule has 0 heterocycles. The van der Waals surface area contributed by atoms with Crippen molar-refractivity contribution in [2.24, 2.45) is 0 Å². The first-order chi connectivity index (χ1) is 9.76. The first-order valence-corrected chi connectivity index (χ1v) is 8.17. The van der Waals surface area contributed by atoms with Gasteiger partial charge in [-0.3, -0.25) is 0 Å². The third-order valence-corrected chi connectivity index (χ3v) is 3.63. The molecule has 0 aromatic carbocycles. The molecule has 1 amide bonds. The Balaban J connectivity index is 2.24. The van der Waals surface area contributed by atoms with E-state index in [9.17, 15) is 9.90 Å². The molecule has 1 rings (SSSR count). The van der Waals surface area contributed by atoms with E-state index in [1.807, 2.05) is 27.7 Å². The zero-order valence-electron chi connectivity index (χ0n) is 13.9. The summed E-state index contributed by atoms with van der Waals surface area (Å²) in [5.41, 5.74) is -0.447. The molecule has 3 unspecified atom stereocenters. The summed E-state index contributed by atoms with van der Waals surface area (Å²) in [6.45, 7) is 8.37. The van der Waals surface area contributed by atoms with Gasteiger partial charge in [0.25, 0.3) is 0 Å². The smallest absolute Gasteiger partial charge is 0.407 e. The summed E-state index contributed by atoms with van der Waals surface area (Å²) in [5.74, 6) is 0. The maximum atomic E-state index is 11.8. The van der Waals surface area contributed by atoms with Crippen LogP contribution in [0.4, 0.5) is 4.79 Å². The highest BCUT2D eigenvalue weighted by molar-refractivity contribution is 5.68. The SMILES string of the molecule is CC(O)CCCNC1CCCC(NC(=O)OC(C)(C)C)C1. The molecular weight excluding hydrogens is 268 g/mol. The van der Waals surface area contributed by atoms with Crippen LogP contribution in [0.15, 0.2) is 0 Å². The van der Waals surface area contributed by atoms with Gasteiger partial charge in [-0.25, -0.2) is 4.79 Å². The first-order valence-electron chi connectivity index (χ1n) is 8.17. The number of aliphatic hydroxyl groups excluding tert-OH is 1. The van der Waals surface area contributed by atoms with Crippen molar-refractivity contribution >= 4 is 6.09 Å². The molecule has 1 saturated carbocycles. The van der Waals surface area contributed by atoms with E-state index in [2.05, 4.69) is 10.6 Å². The van der Waals surface area contributed by atoms with Crippen LogP contribution >= 0.6 is 0 Å². The van der Waals surface area contributed by atoms with Crippen molar-refractivity contribution in [2.75, 3.05) is 6.54 Å². The average Bonchev–Trinajstić information content (AvgIpc) is 2.32. The van der Waals surface area contributed by atoms with Gasteiger partial charge in [0, 0.05) is 12.1 Å². The highest BCUT2D eigenvalue weighted by Gasteiger charge is 2.25. The van der Waals surface area contributed by atoms with Gasteiger partial charge in [-0.2, -0.15) is 0 Å². The zero-order chi connectivity index (χ0) is 15.9. The lowest BCUT2D eigenvalue weighted by molar-refractivity contribution is 0.0488. The summed E-state index contributed by atoms with van der Waals surface area (Å²) < 4.78 is 5.30. The Morgan fingerprint density at radius 2 is 2.00 bits per heavy atom. The Labute approximate surface area is 128 Å². The molecule has 0 aromatic rings. The van der Waals surface area contributed by atoms with Gasteiger partial charge in [0.2, 0.25) is 0 Å². The van der Waals surface area contributed by atoms with Gasteiger partial charge >= 0.3 is 6.09 Å². The monoisotopic (exact) mass is 300 g/mol. The summed E-state index contributed by atoms with van der Waals surface area (Å²) in [7, 11) is 0. The van der Waals surface area contributed by atoms with E-state index < -0.39 is 5.60 Å². The molecule has 124 valence electrons. The third kappa shape index (κ3) is 8.94. The number of carbonyl (C=O) groups is 1. The van der Waals surface area contributed by atoms with Gasteiger partial charge in [0.1, 0.15) is 5.60 Å². The van der Waals surface area contributed by atoms with Crippen LogP contribution in [0.2, 0.25) is 0 Å². The molecule has 1 aliphatic rings. The minimum Gasteiger partial charge on any atom is -0.444 e. The fourth-order valence-electron chi connectivity index (χ4n) is 2.68. The fourth-order valence-corrected chi connectivity index (χ4v) is 2.68. The van der Waals surface area contributed by atoms with Gasteiger partial charge < -0.3 is 20.5 Å². The molecule has 0 spiro atoms. The summed E-state index contributed by atoms with van der Waals surface area (Å²) in [6, 6.07) is 0.649. The Hall–Kier alpha value is -0.810. The third-order valence-electron chi connectivity index (χ3n) is 3.63. The van der Waals surface area contributed by atoms with E-state index in [0.717, 1.165) is 45.1 Å². The molecule has 3 N–H and O–H groups in total. The molecule has 0 radical (unpaired) electrons. The number of nitrogens with one attached hydrogen (secondary N) is 2. The second-order valence-corrected chi connectivity index (χ2v) is 7.15. The van der Waals surface area contributed by atoms with Crippen molar-refractivity contribution in [2.45, 2.75) is 90.0 Å². The lowest BCUT2D eigenvalue weighted by Gasteiger charge is -2.31. The average molecular weight is 300 g/mol. The first kappa shape index (κ1) is 18.2. The molecular formula is C16H32N2O3. The lowest BCUT2D eigenvalue weighted by Crippen LogP contribution is -2.45. The highest BCUT2D eigenvalue weighted by Crippen LogP contribution is 2.19. The molecule has 5 nitrogen and oxygen atoms in total. The Bertz CT molecular complexity index is 313. The van der Waals surface area contributed by atoms with Crippen LogP contribution in [-0.2, 0) is 4.74 Å². The topological polar surface area (TPSA) is 70.6 Å². The van der Waals surface area contributed by atoms with Crippen molar-refractivity contribution in [3.8, 4) is 0 Å². The second kappa shape index (κ2) is 8.59. The number of aliphatic hydroxyl groups is 1. The minimum absolute atomic E-state index is 0.197. The van der Waals surface area contributed by atoms with Gasteiger partial charge in [0.15, 0.2) is 0 Å². The zero-order valence-corrected chi connectivity index (χ0v) is 13.9.